The smallest absolute Gasteiger partial charge is 0.245 e. The molecule has 2 aliphatic heterocycles. The lowest BCUT2D eigenvalue weighted by atomic mass is 9.92. The van der Waals surface area contributed by atoms with Gasteiger partial charge in [0.05, 0.1) is 24.2 Å². The zero-order valence-electron chi connectivity index (χ0n) is 17.0. The van der Waals surface area contributed by atoms with Gasteiger partial charge >= 0.3 is 0 Å². The Balaban J connectivity index is 2.11. The van der Waals surface area contributed by atoms with E-state index in [1.807, 2.05) is 0 Å². The van der Waals surface area contributed by atoms with Crippen LogP contribution in [0.1, 0.15) is 46.0 Å². The van der Waals surface area contributed by atoms with Gasteiger partial charge in [-0.2, -0.15) is 0 Å². The third kappa shape index (κ3) is 5.12. The summed E-state index contributed by atoms with van der Waals surface area (Å²) in [5, 5.41) is 19.3. The molecule has 6 atom stereocenters. The van der Waals surface area contributed by atoms with Crippen molar-refractivity contribution in [1.29, 1.82) is 0 Å². The molecule has 164 valence electrons. The Morgan fingerprint density at radius 1 is 0.966 bits per heavy atom. The minimum Gasteiger partial charge on any atom is -0.393 e. The maximum Gasteiger partial charge on any atom is 0.245 e. The largest absolute Gasteiger partial charge is 0.393 e. The molecule has 0 bridgehead atoms. The lowest BCUT2D eigenvalue weighted by Crippen LogP contribution is -2.56. The van der Waals surface area contributed by atoms with Crippen LogP contribution in [-0.2, 0) is 19.2 Å². The van der Waals surface area contributed by atoms with Crippen molar-refractivity contribution in [2.24, 2.45) is 17.4 Å². The van der Waals surface area contributed by atoms with E-state index >= 15 is 0 Å². The Labute approximate surface area is 170 Å². The van der Waals surface area contributed by atoms with E-state index in [9.17, 15) is 29.4 Å². The van der Waals surface area contributed by atoms with Gasteiger partial charge in [-0.25, -0.2) is 0 Å². The first-order chi connectivity index (χ1) is 13.6. The van der Waals surface area contributed by atoms with Crippen LogP contribution in [0.4, 0.5) is 0 Å². The zero-order chi connectivity index (χ0) is 21.9. The van der Waals surface area contributed by atoms with E-state index in [1.165, 1.54) is 23.6 Å². The Bertz CT molecular complexity index is 653. The summed E-state index contributed by atoms with van der Waals surface area (Å²) in [5.74, 6) is -2.90. The molecule has 10 nitrogen and oxygen atoms in total. The first-order valence-electron chi connectivity index (χ1n) is 10.1. The summed E-state index contributed by atoms with van der Waals surface area (Å²) in [5.41, 5.74) is 11.0. The molecular weight excluding hydrogens is 380 g/mol. The third-order valence-electron chi connectivity index (χ3n) is 5.90. The van der Waals surface area contributed by atoms with Crippen molar-refractivity contribution in [2.45, 2.75) is 76.3 Å². The number of nitrogens with zero attached hydrogens (tertiary/aromatic N) is 2. The van der Waals surface area contributed by atoms with Gasteiger partial charge in [0.1, 0.15) is 12.1 Å². The highest BCUT2D eigenvalue weighted by Crippen LogP contribution is 2.27. The van der Waals surface area contributed by atoms with Crippen molar-refractivity contribution >= 4 is 23.5 Å². The van der Waals surface area contributed by atoms with E-state index in [4.69, 9.17) is 11.5 Å². The van der Waals surface area contributed by atoms with Crippen LogP contribution in [0.2, 0.25) is 0 Å². The Hall–Kier alpha value is -2.04. The van der Waals surface area contributed by atoms with E-state index in [0.29, 0.717) is 38.8 Å². The molecule has 0 aromatic carbocycles. The lowest BCUT2D eigenvalue weighted by Gasteiger charge is -2.32. The number of carbonyl (C=O) groups is 4. The molecule has 10 heteroatoms. The molecule has 6 N–H and O–H groups in total. The summed E-state index contributed by atoms with van der Waals surface area (Å²) >= 11 is 0. The normalized spacial score (nSPS) is 26.1. The number of rotatable bonds is 8. The van der Waals surface area contributed by atoms with Gasteiger partial charge in [0.25, 0.3) is 0 Å². The van der Waals surface area contributed by atoms with Crippen molar-refractivity contribution in [1.82, 2.24) is 9.80 Å². The second-order valence-electron chi connectivity index (χ2n) is 8.07. The first kappa shape index (κ1) is 23.2. The number of Topliss-reactive ketones (excluding diaryl/α,β-unsaturated/α-hetero) is 1. The minimum atomic E-state index is -1.11. The summed E-state index contributed by atoms with van der Waals surface area (Å²) in [6.45, 7) is 3.57. The van der Waals surface area contributed by atoms with Gasteiger partial charge < -0.3 is 31.5 Å². The van der Waals surface area contributed by atoms with E-state index in [0.717, 1.165) is 0 Å². The molecule has 2 heterocycles. The second kappa shape index (κ2) is 9.64. The average molecular weight is 412 g/mol. The summed E-state index contributed by atoms with van der Waals surface area (Å²) in [6, 6.07) is -2.53. The van der Waals surface area contributed by atoms with E-state index < -0.39 is 48.1 Å². The SMILES string of the molecule is C[C@@H](O)[C@H](N)C(=O)N1CCCC1C(=O)N1CCCC1C(=O)C[C@H](C(N)=O)[C@@H](C)O. The molecule has 0 aliphatic carbocycles. The fourth-order valence-corrected chi connectivity index (χ4v) is 4.10. The number of aliphatic hydroxyl groups excluding tert-OH is 2. The van der Waals surface area contributed by atoms with Crippen molar-refractivity contribution in [3.8, 4) is 0 Å². The van der Waals surface area contributed by atoms with Gasteiger partial charge in [0.2, 0.25) is 17.7 Å². The molecule has 2 rings (SSSR count). The maximum absolute atomic E-state index is 13.2. The number of aliphatic hydroxyl groups is 2. The van der Waals surface area contributed by atoms with Gasteiger partial charge in [-0.1, -0.05) is 0 Å². The number of primary amides is 1. The highest BCUT2D eigenvalue weighted by Gasteiger charge is 2.43. The van der Waals surface area contributed by atoms with Crippen molar-refractivity contribution in [3.05, 3.63) is 0 Å². The van der Waals surface area contributed by atoms with Crippen LogP contribution < -0.4 is 11.5 Å². The molecule has 3 amide bonds. The van der Waals surface area contributed by atoms with Crippen molar-refractivity contribution in [3.63, 3.8) is 0 Å². The fraction of sp³-hybridized carbons (Fsp3) is 0.789. The highest BCUT2D eigenvalue weighted by atomic mass is 16.3. The van der Waals surface area contributed by atoms with Crippen LogP contribution in [0.5, 0.6) is 0 Å². The third-order valence-corrected chi connectivity index (χ3v) is 5.90. The quantitative estimate of drug-likeness (QED) is 0.362. The molecule has 2 unspecified atom stereocenters. The monoisotopic (exact) mass is 412 g/mol. The number of carbonyl (C=O) groups excluding carboxylic acids is 4. The molecule has 2 saturated heterocycles. The van der Waals surface area contributed by atoms with Crippen LogP contribution in [-0.4, -0.2) is 86.9 Å². The minimum absolute atomic E-state index is 0.234. The van der Waals surface area contributed by atoms with E-state index in [2.05, 4.69) is 0 Å². The number of hydrogen-bond acceptors (Lipinski definition) is 7. The van der Waals surface area contributed by atoms with E-state index in [-0.39, 0.29) is 18.1 Å². The number of ketones is 1. The fourth-order valence-electron chi connectivity index (χ4n) is 4.10. The topological polar surface area (TPSA) is 167 Å². The Kier molecular flexibility index (Phi) is 7.73. The predicted molar refractivity (Wildman–Crippen MR) is 103 cm³/mol. The van der Waals surface area contributed by atoms with Crippen molar-refractivity contribution < 1.29 is 29.4 Å². The summed E-state index contributed by atoms with van der Waals surface area (Å²) in [7, 11) is 0. The van der Waals surface area contributed by atoms with Gasteiger partial charge in [0.15, 0.2) is 5.78 Å². The van der Waals surface area contributed by atoms with Gasteiger partial charge in [-0.3, -0.25) is 19.2 Å². The molecular formula is C19H32N4O6. The molecule has 0 spiro atoms. The number of amides is 3. The van der Waals surface area contributed by atoms with Gasteiger partial charge in [0, 0.05) is 19.5 Å². The lowest BCUT2D eigenvalue weighted by molar-refractivity contribution is -0.148. The molecule has 0 saturated carbocycles. The number of hydrogen-bond donors (Lipinski definition) is 4. The molecule has 2 aliphatic rings. The van der Waals surface area contributed by atoms with Gasteiger partial charge in [-0.15, -0.1) is 0 Å². The number of nitrogens with two attached hydrogens (primary N) is 2. The molecule has 0 radical (unpaired) electrons. The van der Waals surface area contributed by atoms with Crippen LogP contribution >= 0.6 is 0 Å². The highest BCUT2D eigenvalue weighted by molar-refractivity contribution is 5.95. The van der Waals surface area contributed by atoms with E-state index in [1.54, 1.807) is 0 Å². The predicted octanol–water partition coefficient (Wildman–Crippen LogP) is -1.88. The molecule has 2 fully saturated rings. The van der Waals surface area contributed by atoms with Gasteiger partial charge in [-0.05, 0) is 39.5 Å². The zero-order valence-corrected chi connectivity index (χ0v) is 17.0. The van der Waals surface area contributed by atoms with Crippen molar-refractivity contribution in [2.75, 3.05) is 13.1 Å². The maximum atomic E-state index is 13.2. The first-order valence-corrected chi connectivity index (χ1v) is 10.1. The van der Waals surface area contributed by atoms with Crippen LogP contribution in [0.3, 0.4) is 0 Å². The molecule has 29 heavy (non-hydrogen) atoms. The average Bonchev–Trinajstić information content (AvgIpc) is 3.32. The Morgan fingerprint density at radius 2 is 1.52 bits per heavy atom. The number of likely N-dealkylation sites (tertiary alicyclic amines) is 2. The van der Waals surface area contributed by atoms with Crippen LogP contribution in [0.15, 0.2) is 0 Å². The molecule has 0 aromatic heterocycles. The summed E-state index contributed by atoms with van der Waals surface area (Å²) in [4.78, 5) is 52.8. The van der Waals surface area contributed by atoms with Crippen LogP contribution in [0, 0.1) is 5.92 Å². The summed E-state index contributed by atoms with van der Waals surface area (Å²) in [6.07, 6.45) is -0.144. The standard InChI is InChI=1S/C19H32N4O6/c1-10(24)12(17(21)27)9-15(26)13-5-3-7-22(13)18(28)14-6-4-8-23(14)19(29)16(20)11(2)25/h10-14,16,24-25H,3-9,20H2,1-2H3,(H2,21,27)/t10-,11-,12+,13?,14?,16+/m1/s1. The van der Waals surface area contributed by atoms with Crippen LogP contribution in [0.25, 0.3) is 0 Å². The molecule has 0 aromatic rings. The second-order valence-corrected chi connectivity index (χ2v) is 8.07. The summed E-state index contributed by atoms with van der Waals surface area (Å²) < 4.78 is 0. The Morgan fingerprint density at radius 3 is 2.03 bits per heavy atom.